The van der Waals surface area contributed by atoms with Gasteiger partial charge in [0.15, 0.2) is 17.2 Å². The average Bonchev–Trinajstić information content (AvgIpc) is 2.92. The van der Waals surface area contributed by atoms with Crippen molar-refractivity contribution >= 4 is 28.9 Å². The lowest BCUT2D eigenvalue weighted by Crippen LogP contribution is -2.73. The van der Waals surface area contributed by atoms with E-state index >= 15 is 0 Å². The number of benzene rings is 1. The molecular weight excluding hydrogens is 536 g/mol. The Bertz CT molecular complexity index is 1460. The van der Waals surface area contributed by atoms with Crippen LogP contribution >= 0.6 is 0 Å². The van der Waals surface area contributed by atoms with E-state index in [1.54, 1.807) is 39.8 Å². The summed E-state index contributed by atoms with van der Waals surface area (Å²) in [6.07, 6.45) is 4.26. The number of hydrogen-bond donors (Lipinski definition) is 4. The molecule has 6 atom stereocenters. The van der Waals surface area contributed by atoms with Gasteiger partial charge in [-0.15, -0.1) is 0 Å². The molecule has 8 nitrogen and oxygen atoms in total. The molecule has 4 aliphatic carbocycles. The van der Waals surface area contributed by atoms with Crippen molar-refractivity contribution in [1.29, 1.82) is 0 Å². The Morgan fingerprint density at radius 1 is 1.02 bits per heavy atom. The predicted octanol–water partition coefficient (Wildman–Crippen LogP) is 5.52. The van der Waals surface area contributed by atoms with Crippen LogP contribution in [0.3, 0.4) is 0 Å². The van der Waals surface area contributed by atoms with E-state index < -0.39 is 74.5 Å². The number of aliphatic hydroxyl groups excluding tert-OH is 2. The van der Waals surface area contributed by atoms with Gasteiger partial charge in [0.2, 0.25) is 5.78 Å². The van der Waals surface area contributed by atoms with Gasteiger partial charge in [0, 0.05) is 34.7 Å². The largest absolute Gasteiger partial charge is 0.508 e. The first kappa shape index (κ1) is 30.2. The van der Waals surface area contributed by atoms with E-state index in [4.69, 9.17) is 0 Å². The Balaban J connectivity index is 1.89. The van der Waals surface area contributed by atoms with Crippen LogP contribution in [-0.2, 0) is 19.2 Å². The zero-order valence-electron chi connectivity index (χ0n) is 25.3. The maximum absolute atomic E-state index is 14.7. The summed E-state index contributed by atoms with van der Waals surface area (Å²) in [5.41, 5.74) is -6.00. The molecule has 0 aromatic heterocycles. The van der Waals surface area contributed by atoms with Crippen LogP contribution in [0.2, 0.25) is 0 Å². The van der Waals surface area contributed by atoms with Gasteiger partial charge in [0.25, 0.3) is 0 Å². The zero-order chi connectivity index (χ0) is 31.1. The molecule has 8 heteroatoms. The van der Waals surface area contributed by atoms with Gasteiger partial charge >= 0.3 is 0 Å². The summed E-state index contributed by atoms with van der Waals surface area (Å²) in [5.74, 6) is -7.55. The Morgan fingerprint density at radius 2 is 1.64 bits per heavy atom. The highest BCUT2D eigenvalue weighted by Gasteiger charge is 2.76. The summed E-state index contributed by atoms with van der Waals surface area (Å²) in [7, 11) is 0. The fourth-order valence-corrected chi connectivity index (χ4v) is 9.31. The molecule has 4 N–H and O–H groups in total. The highest BCUT2D eigenvalue weighted by molar-refractivity contribution is 6.24. The lowest BCUT2D eigenvalue weighted by molar-refractivity contribution is -0.200. The molecule has 2 fully saturated rings. The summed E-state index contributed by atoms with van der Waals surface area (Å²) in [5, 5.41) is 46.8. The zero-order valence-corrected chi connectivity index (χ0v) is 25.3. The fraction of sp³-hybridized carbons (Fsp3) is 0.588. The van der Waals surface area contributed by atoms with Crippen LogP contribution in [0.1, 0.15) is 97.1 Å². The van der Waals surface area contributed by atoms with E-state index in [2.05, 4.69) is 0 Å². The second-order valence-electron chi connectivity index (χ2n) is 13.7. The molecule has 42 heavy (non-hydrogen) atoms. The van der Waals surface area contributed by atoms with Crippen molar-refractivity contribution in [2.75, 3.05) is 0 Å². The van der Waals surface area contributed by atoms with Crippen molar-refractivity contribution in [3.63, 3.8) is 0 Å². The number of fused-ring (bicyclic) bond motifs is 3. The average molecular weight is 579 g/mol. The lowest BCUT2D eigenvalue weighted by Gasteiger charge is -2.65. The number of hydrogen-bond acceptors (Lipinski definition) is 8. The van der Waals surface area contributed by atoms with Crippen molar-refractivity contribution in [1.82, 2.24) is 0 Å². The predicted molar refractivity (Wildman–Crippen MR) is 156 cm³/mol. The van der Waals surface area contributed by atoms with Crippen LogP contribution in [0.4, 0.5) is 0 Å². The Hall–Kier alpha value is -3.26. The minimum absolute atomic E-state index is 0.0395. The van der Waals surface area contributed by atoms with E-state index in [9.17, 15) is 39.6 Å². The van der Waals surface area contributed by atoms with E-state index in [1.807, 2.05) is 6.92 Å². The summed E-state index contributed by atoms with van der Waals surface area (Å²) >= 11 is 0. The van der Waals surface area contributed by atoms with Gasteiger partial charge in [-0.3, -0.25) is 19.2 Å². The van der Waals surface area contributed by atoms with Crippen LogP contribution in [0.5, 0.6) is 5.75 Å². The third kappa shape index (κ3) is 3.63. The third-order valence-corrected chi connectivity index (χ3v) is 11.5. The summed E-state index contributed by atoms with van der Waals surface area (Å²) in [6.45, 7) is 9.85. The van der Waals surface area contributed by atoms with Gasteiger partial charge in [-0.2, -0.15) is 0 Å². The van der Waals surface area contributed by atoms with Crippen LogP contribution < -0.4 is 0 Å². The smallest absolute Gasteiger partial charge is 0.203 e. The van der Waals surface area contributed by atoms with Crippen molar-refractivity contribution in [3.8, 4) is 5.75 Å². The van der Waals surface area contributed by atoms with Gasteiger partial charge in [-0.1, -0.05) is 66.0 Å². The number of Topliss-reactive ketones (excluding diaryl/α,β-unsaturated/α-hetero) is 4. The minimum Gasteiger partial charge on any atom is -0.508 e. The van der Waals surface area contributed by atoms with Gasteiger partial charge in [-0.25, -0.2) is 0 Å². The monoisotopic (exact) mass is 578 g/mol. The molecule has 1 aromatic carbocycles. The SMILES string of the molecule is CC(=O)C1=C(O)[C@]2(O)C(=O)C3=C(O)c4c(O)cccc4[C@@H](C)[C@]3(C)[C@@H](CC(=O)C3CCCCC3)[C@]2(C)C(C(C)C)C1=O. The number of phenols is 1. The Morgan fingerprint density at radius 3 is 2.21 bits per heavy atom. The van der Waals surface area contributed by atoms with Gasteiger partial charge in [0.1, 0.15) is 28.6 Å². The summed E-state index contributed by atoms with van der Waals surface area (Å²) in [6, 6.07) is 4.79. The maximum Gasteiger partial charge on any atom is 0.203 e. The molecule has 0 saturated heterocycles. The second kappa shape index (κ2) is 9.90. The van der Waals surface area contributed by atoms with Crippen LogP contribution in [0.15, 0.2) is 35.1 Å². The molecule has 226 valence electrons. The first-order valence-electron chi connectivity index (χ1n) is 15.1. The normalized spacial score (nSPS) is 35.2. The van der Waals surface area contributed by atoms with E-state index in [0.29, 0.717) is 5.56 Å². The molecule has 0 spiro atoms. The number of aliphatic hydroxyl groups is 3. The molecule has 4 aliphatic rings. The van der Waals surface area contributed by atoms with Gasteiger partial charge < -0.3 is 20.4 Å². The van der Waals surface area contributed by atoms with Crippen molar-refractivity contribution in [2.45, 2.75) is 91.6 Å². The first-order valence-corrected chi connectivity index (χ1v) is 15.1. The molecule has 1 unspecified atom stereocenters. The van der Waals surface area contributed by atoms with Crippen molar-refractivity contribution < 1.29 is 39.6 Å². The summed E-state index contributed by atoms with van der Waals surface area (Å²) < 4.78 is 0. The second-order valence-corrected chi connectivity index (χ2v) is 13.7. The van der Waals surface area contributed by atoms with Gasteiger partial charge in [-0.05, 0) is 49.1 Å². The standard InChI is InChI=1S/C34H42O8/c1-16(2)26-28(38)24(18(4)35)30(40)34(42)31(41)27-29(39)25-20(13-10-14-21(25)36)17(3)32(27,5)23(33(26,34)6)15-22(37)19-11-8-7-9-12-19/h10,13-14,16-17,19,23,26,36,39-40,42H,7-9,11-12,15H2,1-6H3/t17-,23-,26?,32-,33-,34+/m1/s1. The number of rotatable bonds is 5. The van der Waals surface area contributed by atoms with Crippen LogP contribution in [0, 0.1) is 34.5 Å². The number of aromatic hydroxyl groups is 1. The minimum atomic E-state index is -2.78. The van der Waals surface area contributed by atoms with Gasteiger partial charge in [0.05, 0.1) is 5.56 Å². The molecule has 0 radical (unpaired) electrons. The number of allylic oxidation sites excluding steroid dienone is 1. The molecule has 0 bridgehead atoms. The number of carbonyl (C=O) groups excluding carboxylic acids is 4. The fourth-order valence-electron chi connectivity index (χ4n) is 9.31. The Labute approximate surface area is 246 Å². The quantitative estimate of drug-likeness (QED) is 0.334. The molecular formula is C34H42O8. The topological polar surface area (TPSA) is 149 Å². The van der Waals surface area contributed by atoms with E-state index in [1.165, 1.54) is 6.07 Å². The molecule has 5 rings (SSSR count). The van der Waals surface area contributed by atoms with E-state index in [-0.39, 0.29) is 35.0 Å². The van der Waals surface area contributed by atoms with Crippen LogP contribution in [-0.4, -0.2) is 49.2 Å². The maximum atomic E-state index is 14.7. The first-order chi connectivity index (χ1) is 19.6. The van der Waals surface area contributed by atoms with E-state index in [0.717, 1.165) is 39.0 Å². The Kier molecular flexibility index (Phi) is 7.12. The molecule has 0 aliphatic heterocycles. The number of carbonyl (C=O) groups is 4. The lowest BCUT2D eigenvalue weighted by atomic mass is 9.37. The highest BCUT2D eigenvalue weighted by Crippen LogP contribution is 2.71. The summed E-state index contributed by atoms with van der Waals surface area (Å²) in [4.78, 5) is 55.6. The number of ketones is 4. The van der Waals surface area contributed by atoms with Crippen molar-refractivity contribution in [3.05, 3.63) is 46.2 Å². The van der Waals surface area contributed by atoms with Crippen molar-refractivity contribution in [2.24, 2.45) is 34.5 Å². The molecule has 2 saturated carbocycles. The third-order valence-electron chi connectivity index (χ3n) is 11.5. The highest BCUT2D eigenvalue weighted by atomic mass is 16.3. The molecule has 0 amide bonds. The number of phenolic OH excluding ortho intramolecular Hbond substituents is 1. The molecule has 0 heterocycles. The molecule has 1 aromatic rings. The van der Waals surface area contributed by atoms with Crippen LogP contribution in [0.25, 0.3) is 5.76 Å².